The Morgan fingerprint density at radius 1 is 1.33 bits per heavy atom. The van der Waals surface area contributed by atoms with Crippen molar-refractivity contribution in [2.24, 2.45) is 0 Å². The van der Waals surface area contributed by atoms with E-state index in [1.165, 1.54) is 0 Å². The van der Waals surface area contributed by atoms with E-state index in [-0.39, 0.29) is 0 Å². The van der Waals surface area contributed by atoms with Crippen LogP contribution in [-0.4, -0.2) is 9.97 Å². The maximum absolute atomic E-state index is 5.78. The van der Waals surface area contributed by atoms with Crippen molar-refractivity contribution >= 4 is 23.2 Å². The van der Waals surface area contributed by atoms with Crippen LogP contribution in [0.3, 0.4) is 0 Å². The molecular formula is C8H6Cl2N2. The van der Waals surface area contributed by atoms with Gasteiger partial charge in [-0.1, -0.05) is 23.2 Å². The van der Waals surface area contributed by atoms with Gasteiger partial charge in [-0.2, -0.15) is 0 Å². The van der Waals surface area contributed by atoms with E-state index >= 15 is 0 Å². The first-order valence-corrected chi connectivity index (χ1v) is 4.02. The average Bonchev–Trinajstić information content (AvgIpc) is 1.96. The van der Waals surface area contributed by atoms with Gasteiger partial charge in [-0.3, -0.25) is 0 Å². The zero-order valence-corrected chi connectivity index (χ0v) is 7.95. The minimum Gasteiger partial charge on any atom is -0.221 e. The van der Waals surface area contributed by atoms with Gasteiger partial charge in [0, 0.05) is 12.0 Å². The predicted molar refractivity (Wildman–Crippen MR) is 49.3 cm³/mol. The molecule has 1 heterocycles. The summed E-state index contributed by atoms with van der Waals surface area (Å²) in [4.78, 5) is 7.85. The van der Waals surface area contributed by atoms with Crippen molar-refractivity contribution in [3.8, 4) is 12.3 Å². The first-order valence-electron chi connectivity index (χ1n) is 3.27. The summed E-state index contributed by atoms with van der Waals surface area (Å²) in [7, 11) is 0. The van der Waals surface area contributed by atoms with Crippen LogP contribution in [0.15, 0.2) is 0 Å². The molecule has 0 aromatic carbocycles. The zero-order chi connectivity index (χ0) is 9.14. The lowest BCUT2D eigenvalue weighted by atomic mass is 10.2. The van der Waals surface area contributed by atoms with E-state index in [1.807, 2.05) is 0 Å². The number of terminal acetylenes is 1. The van der Waals surface area contributed by atoms with Gasteiger partial charge in [-0.15, -0.1) is 12.3 Å². The fourth-order valence-corrected chi connectivity index (χ4v) is 1.38. The Morgan fingerprint density at radius 2 is 1.83 bits per heavy atom. The van der Waals surface area contributed by atoms with Crippen molar-refractivity contribution in [1.29, 1.82) is 0 Å². The first-order chi connectivity index (χ1) is 5.65. The fourth-order valence-electron chi connectivity index (χ4n) is 0.777. The van der Waals surface area contributed by atoms with Gasteiger partial charge in [0.15, 0.2) is 0 Å². The molecule has 0 aliphatic carbocycles. The van der Waals surface area contributed by atoms with Crippen molar-refractivity contribution in [2.75, 3.05) is 0 Å². The summed E-state index contributed by atoms with van der Waals surface area (Å²) >= 11 is 11.6. The molecule has 1 aromatic rings. The van der Waals surface area contributed by atoms with Gasteiger partial charge in [0.05, 0.1) is 0 Å². The van der Waals surface area contributed by atoms with E-state index < -0.39 is 0 Å². The molecule has 0 saturated heterocycles. The standard InChI is InChI=1S/C8H6Cl2N2/c1-3-4-6-7(9)11-5(2)12-8(6)10/h1H,4H2,2H3. The van der Waals surface area contributed by atoms with Crippen molar-refractivity contribution in [3.05, 3.63) is 21.7 Å². The summed E-state index contributed by atoms with van der Waals surface area (Å²) in [5, 5.41) is 0.677. The van der Waals surface area contributed by atoms with Crippen LogP contribution >= 0.6 is 23.2 Å². The van der Waals surface area contributed by atoms with Gasteiger partial charge in [-0.05, 0) is 6.92 Å². The summed E-state index contributed by atoms with van der Waals surface area (Å²) in [6.45, 7) is 1.72. The molecule has 0 N–H and O–H groups in total. The molecule has 12 heavy (non-hydrogen) atoms. The second-order valence-corrected chi connectivity index (χ2v) is 2.93. The molecule has 0 radical (unpaired) electrons. The SMILES string of the molecule is C#CCc1c(Cl)nc(C)nc1Cl. The molecule has 62 valence electrons. The van der Waals surface area contributed by atoms with E-state index in [0.29, 0.717) is 28.1 Å². The van der Waals surface area contributed by atoms with Gasteiger partial charge in [0.1, 0.15) is 16.1 Å². The highest BCUT2D eigenvalue weighted by Crippen LogP contribution is 2.20. The van der Waals surface area contributed by atoms with E-state index in [4.69, 9.17) is 29.6 Å². The van der Waals surface area contributed by atoms with Crippen LogP contribution in [0.25, 0.3) is 0 Å². The number of halogens is 2. The number of rotatable bonds is 1. The van der Waals surface area contributed by atoms with Gasteiger partial charge in [-0.25, -0.2) is 9.97 Å². The molecule has 1 aromatic heterocycles. The van der Waals surface area contributed by atoms with Crippen LogP contribution in [0.1, 0.15) is 11.4 Å². The molecule has 0 saturated carbocycles. The summed E-state index contributed by atoms with van der Waals surface area (Å²) in [6, 6.07) is 0. The number of aromatic nitrogens is 2. The molecule has 2 nitrogen and oxygen atoms in total. The second-order valence-electron chi connectivity index (χ2n) is 2.21. The molecule has 0 spiro atoms. The minimum absolute atomic E-state index is 0.338. The Morgan fingerprint density at radius 3 is 2.25 bits per heavy atom. The topological polar surface area (TPSA) is 25.8 Å². The minimum atomic E-state index is 0.338. The molecule has 0 atom stereocenters. The quantitative estimate of drug-likeness (QED) is 0.514. The highest BCUT2D eigenvalue weighted by Gasteiger charge is 2.07. The summed E-state index contributed by atoms with van der Waals surface area (Å²) in [5.74, 6) is 2.98. The second kappa shape index (κ2) is 3.75. The van der Waals surface area contributed by atoms with Gasteiger partial charge < -0.3 is 0 Å². The van der Waals surface area contributed by atoms with Gasteiger partial charge >= 0.3 is 0 Å². The van der Waals surface area contributed by atoms with Crippen molar-refractivity contribution in [3.63, 3.8) is 0 Å². The smallest absolute Gasteiger partial charge is 0.138 e. The highest BCUT2D eigenvalue weighted by molar-refractivity contribution is 6.34. The zero-order valence-electron chi connectivity index (χ0n) is 6.43. The molecule has 1 rings (SSSR count). The Bertz CT molecular complexity index is 318. The third-order valence-electron chi connectivity index (χ3n) is 1.30. The van der Waals surface area contributed by atoms with Crippen LogP contribution in [0, 0.1) is 19.3 Å². The third kappa shape index (κ3) is 1.88. The van der Waals surface area contributed by atoms with E-state index in [2.05, 4.69) is 15.9 Å². The largest absolute Gasteiger partial charge is 0.221 e. The van der Waals surface area contributed by atoms with Crippen LogP contribution < -0.4 is 0 Å². The number of hydrogen-bond acceptors (Lipinski definition) is 2. The normalized spacial score (nSPS) is 9.50. The Balaban J connectivity index is 3.21. The lowest BCUT2D eigenvalue weighted by Crippen LogP contribution is -1.95. The van der Waals surface area contributed by atoms with E-state index in [1.54, 1.807) is 6.92 Å². The molecule has 0 amide bonds. The van der Waals surface area contributed by atoms with Crippen LogP contribution in [-0.2, 0) is 6.42 Å². The number of aryl methyl sites for hydroxylation is 1. The van der Waals surface area contributed by atoms with Gasteiger partial charge in [0.2, 0.25) is 0 Å². The Kier molecular flexibility index (Phi) is 2.91. The number of hydrogen-bond donors (Lipinski definition) is 0. The molecule has 0 aliphatic heterocycles. The molecule has 0 bridgehead atoms. The van der Waals surface area contributed by atoms with Crippen LogP contribution in [0.5, 0.6) is 0 Å². The fraction of sp³-hybridized carbons (Fsp3) is 0.250. The Hall–Kier alpha value is -0.780. The summed E-state index contributed by atoms with van der Waals surface area (Å²) in [6.07, 6.45) is 5.47. The predicted octanol–water partition coefficient (Wildman–Crippen LogP) is 2.27. The average molecular weight is 201 g/mol. The van der Waals surface area contributed by atoms with Crippen molar-refractivity contribution in [2.45, 2.75) is 13.3 Å². The van der Waals surface area contributed by atoms with Crippen LogP contribution in [0.2, 0.25) is 10.3 Å². The van der Waals surface area contributed by atoms with Crippen molar-refractivity contribution in [1.82, 2.24) is 9.97 Å². The summed E-state index contributed by atoms with van der Waals surface area (Å²) < 4.78 is 0. The van der Waals surface area contributed by atoms with E-state index in [9.17, 15) is 0 Å². The maximum Gasteiger partial charge on any atom is 0.138 e. The van der Waals surface area contributed by atoms with Crippen molar-refractivity contribution < 1.29 is 0 Å². The lowest BCUT2D eigenvalue weighted by Gasteiger charge is -2.01. The lowest BCUT2D eigenvalue weighted by molar-refractivity contribution is 1.02. The van der Waals surface area contributed by atoms with E-state index in [0.717, 1.165) is 0 Å². The highest BCUT2D eigenvalue weighted by atomic mass is 35.5. The maximum atomic E-state index is 5.78. The summed E-state index contributed by atoms with van der Waals surface area (Å²) in [5.41, 5.74) is 0.617. The number of nitrogens with zero attached hydrogens (tertiary/aromatic N) is 2. The van der Waals surface area contributed by atoms with Crippen LogP contribution in [0.4, 0.5) is 0 Å². The molecular weight excluding hydrogens is 195 g/mol. The van der Waals surface area contributed by atoms with Gasteiger partial charge in [0.25, 0.3) is 0 Å². The molecule has 0 fully saturated rings. The molecule has 0 unspecified atom stereocenters. The molecule has 4 heteroatoms. The Labute approximate surface area is 80.9 Å². The monoisotopic (exact) mass is 200 g/mol. The first kappa shape index (κ1) is 9.31. The molecule has 0 aliphatic rings. The third-order valence-corrected chi connectivity index (χ3v) is 1.92.